The van der Waals surface area contributed by atoms with Crippen molar-refractivity contribution in [2.75, 3.05) is 6.73 Å². The topological polar surface area (TPSA) is 38.8 Å². The molecule has 0 aromatic heterocycles. The molecule has 29 heavy (non-hydrogen) atoms. The predicted molar refractivity (Wildman–Crippen MR) is 112 cm³/mol. The zero-order valence-electron chi connectivity index (χ0n) is 15.6. The van der Waals surface area contributed by atoms with Crippen molar-refractivity contribution >= 4 is 23.5 Å². The maximum Gasteiger partial charge on any atom is 0.231 e. The van der Waals surface area contributed by atoms with E-state index in [0.29, 0.717) is 30.3 Å². The van der Waals surface area contributed by atoms with E-state index in [1.165, 1.54) is 0 Å². The summed E-state index contributed by atoms with van der Waals surface area (Å²) in [5.74, 6) is 1.62. The van der Waals surface area contributed by atoms with Gasteiger partial charge in [-0.15, -0.1) is 0 Å². The molecule has 0 N–H and O–H groups in total. The first-order valence-electron chi connectivity index (χ1n) is 9.42. The summed E-state index contributed by atoms with van der Waals surface area (Å²) in [6.07, 6.45) is 1.78. The number of Topliss-reactive ketones (excluding diaryl/α,β-unsaturated/α-hetero) is 1. The lowest BCUT2D eigenvalue weighted by Crippen LogP contribution is -2.31. The van der Waals surface area contributed by atoms with Crippen LogP contribution in [-0.4, -0.2) is 17.4 Å². The molecule has 4 nitrogen and oxygen atoms in total. The van der Waals surface area contributed by atoms with Crippen LogP contribution in [-0.2, 0) is 13.1 Å². The second-order valence-electron chi connectivity index (χ2n) is 7.16. The third kappa shape index (κ3) is 3.53. The SMILES string of the molecule is O=C1/C(=C/c2ccccc2)Oc2c1ccc1c2CN(Cc2ccc(Cl)cc2)CO1. The van der Waals surface area contributed by atoms with Gasteiger partial charge < -0.3 is 9.47 Å². The number of allylic oxidation sites excluding steroid dienone is 1. The molecule has 0 radical (unpaired) electrons. The Balaban J connectivity index is 1.42. The van der Waals surface area contributed by atoms with Gasteiger partial charge in [0.15, 0.2) is 5.76 Å². The number of carbonyl (C=O) groups is 1. The summed E-state index contributed by atoms with van der Waals surface area (Å²) in [7, 11) is 0. The van der Waals surface area contributed by atoms with E-state index in [4.69, 9.17) is 21.1 Å². The number of ether oxygens (including phenoxy) is 2. The van der Waals surface area contributed by atoms with Gasteiger partial charge in [-0.2, -0.15) is 0 Å². The van der Waals surface area contributed by atoms with Crippen molar-refractivity contribution in [1.29, 1.82) is 0 Å². The Kier molecular flexibility index (Phi) is 4.58. The van der Waals surface area contributed by atoms with Crippen molar-refractivity contribution in [3.8, 4) is 11.5 Å². The van der Waals surface area contributed by atoms with Crippen LogP contribution >= 0.6 is 11.6 Å². The van der Waals surface area contributed by atoms with Gasteiger partial charge in [0.2, 0.25) is 5.78 Å². The molecule has 2 heterocycles. The highest BCUT2D eigenvalue weighted by Gasteiger charge is 2.33. The highest BCUT2D eigenvalue weighted by atomic mass is 35.5. The van der Waals surface area contributed by atoms with Crippen molar-refractivity contribution in [3.05, 3.63) is 99.8 Å². The molecular weight excluding hydrogens is 386 g/mol. The lowest BCUT2D eigenvalue weighted by molar-refractivity contribution is 0.0873. The van der Waals surface area contributed by atoms with Crippen LogP contribution in [0.3, 0.4) is 0 Å². The normalized spacial score (nSPS) is 16.9. The maximum atomic E-state index is 12.8. The number of carbonyl (C=O) groups excluding carboxylic acids is 1. The summed E-state index contributed by atoms with van der Waals surface area (Å²) in [5, 5.41) is 0.719. The number of ketones is 1. The average Bonchev–Trinajstić information content (AvgIpc) is 3.06. The Morgan fingerprint density at radius 1 is 1.00 bits per heavy atom. The molecule has 144 valence electrons. The van der Waals surface area contributed by atoms with Gasteiger partial charge in [-0.3, -0.25) is 9.69 Å². The van der Waals surface area contributed by atoms with E-state index in [0.717, 1.165) is 34.0 Å². The minimum atomic E-state index is -0.0959. The van der Waals surface area contributed by atoms with Crippen molar-refractivity contribution in [1.82, 2.24) is 4.90 Å². The number of benzene rings is 3. The monoisotopic (exact) mass is 403 g/mol. The Hall–Kier alpha value is -3.08. The van der Waals surface area contributed by atoms with Gasteiger partial charge in [-0.1, -0.05) is 54.1 Å². The molecule has 0 aliphatic carbocycles. The van der Waals surface area contributed by atoms with Crippen molar-refractivity contribution in [2.45, 2.75) is 13.1 Å². The molecule has 2 aliphatic heterocycles. The lowest BCUT2D eigenvalue weighted by atomic mass is 10.0. The number of rotatable bonds is 3. The van der Waals surface area contributed by atoms with Crippen molar-refractivity contribution in [2.24, 2.45) is 0 Å². The number of halogens is 1. The summed E-state index contributed by atoms with van der Waals surface area (Å²) in [6, 6.07) is 21.1. The van der Waals surface area contributed by atoms with Crippen LogP contribution < -0.4 is 9.47 Å². The van der Waals surface area contributed by atoms with E-state index >= 15 is 0 Å². The maximum absolute atomic E-state index is 12.8. The molecule has 0 unspecified atom stereocenters. The fourth-order valence-corrected chi connectivity index (χ4v) is 3.78. The minimum Gasteiger partial charge on any atom is -0.478 e. The van der Waals surface area contributed by atoms with Gasteiger partial charge >= 0.3 is 0 Å². The summed E-state index contributed by atoms with van der Waals surface area (Å²) in [5.41, 5.74) is 3.57. The van der Waals surface area contributed by atoms with E-state index in [-0.39, 0.29) is 5.78 Å². The number of hydrogen-bond acceptors (Lipinski definition) is 4. The van der Waals surface area contributed by atoms with Crippen LogP contribution in [0.5, 0.6) is 11.5 Å². The average molecular weight is 404 g/mol. The molecule has 5 rings (SSSR count). The third-order valence-corrected chi connectivity index (χ3v) is 5.35. The smallest absolute Gasteiger partial charge is 0.231 e. The summed E-state index contributed by atoms with van der Waals surface area (Å²) in [6.45, 7) is 1.85. The summed E-state index contributed by atoms with van der Waals surface area (Å²) >= 11 is 5.98. The van der Waals surface area contributed by atoms with Crippen molar-refractivity contribution in [3.63, 3.8) is 0 Å². The lowest BCUT2D eigenvalue weighted by Gasteiger charge is -2.29. The van der Waals surface area contributed by atoms with Gasteiger partial charge in [0, 0.05) is 18.1 Å². The number of fused-ring (bicyclic) bond motifs is 3. The van der Waals surface area contributed by atoms with E-state index in [1.54, 1.807) is 12.1 Å². The Bertz CT molecular complexity index is 1110. The Labute approximate surface area is 173 Å². The molecule has 0 bridgehead atoms. The van der Waals surface area contributed by atoms with Crippen LogP contribution in [0, 0.1) is 0 Å². The quantitative estimate of drug-likeness (QED) is 0.555. The first-order valence-corrected chi connectivity index (χ1v) is 9.80. The van der Waals surface area contributed by atoms with Gasteiger partial charge in [0.1, 0.15) is 18.2 Å². The molecule has 0 saturated carbocycles. The number of hydrogen-bond donors (Lipinski definition) is 0. The van der Waals surface area contributed by atoms with E-state index in [1.807, 2.05) is 60.7 Å². The van der Waals surface area contributed by atoms with Gasteiger partial charge in [-0.05, 0) is 41.5 Å². The largest absolute Gasteiger partial charge is 0.478 e. The Morgan fingerprint density at radius 3 is 2.59 bits per heavy atom. The van der Waals surface area contributed by atoms with E-state index in [9.17, 15) is 4.79 Å². The van der Waals surface area contributed by atoms with Crippen LogP contribution in [0.1, 0.15) is 27.0 Å². The molecule has 0 amide bonds. The minimum absolute atomic E-state index is 0.0959. The van der Waals surface area contributed by atoms with E-state index < -0.39 is 0 Å². The highest BCUT2D eigenvalue weighted by molar-refractivity contribution is 6.30. The van der Waals surface area contributed by atoms with Gasteiger partial charge in [0.25, 0.3) is 0 Å². The van der Waals surface area contributed by atoms with Crippen LogP contribution in [0.2, 0.25) is 5.02 Å². The standard InChI is InChI=1S/C24H18ClNO3/c25-18-8-6-17(7-9-18)13-26-14-20-21(28-15-26)11-10-19-23(27)22(29-24(19)20)12-16-4-2-1-3-5-16/h1-12H,13-15H2/b22-12-. The third-order valence-electron chi connectivity index (χ3n) is 5.10. The first kappa shape index (κ1) is 18.0. The first-order chi connectivity index (χ1) is 14.2. The zero-order chi connectivity index (χ0) is 19.8. The van der Waals surface area contributed by atoms with Gasteiger partial charge in [0.05, 0.1) is 11.1 Å². The van der Waals surface area contributed by atoms with Gasteiger partial charge in [-0.25, -0.2) is 0 Å². The van der Waals surface area contributed by atoms with E-state index in [2.05, 4.69) is 4.90 Å². The number of nitrogens with zero attached hydrogens (tertiary/aromatic N) is 1. The summed E-state index contributed by atoms with van der Waals surface area (Å²) in [4.78, 5) is 15.0. The molecule has 0 fully saturated rings. The van der Waals surface area contributed by atoms with Crippen LogP contribution in [0.15, 0.2) is 72.5 Å². The molecule has 3 aromatic carbocycles. The molecule has 0 saturated heterocycles. The molecule has 0 atom stereocenters. The predicted octanol–water partition coefficient (Wildman–Crippen LogP) is 5.31. The molecule has 3 aromatic rings. The molecular formula is C24H18ClNO3. The second-order valence-corrected chi connectivity index (χ2v) is 7.59. The molecule has 0 spiro atoms. The fourth-order valence-electron chi connectivity index (χ4n) is 3.65. The van der Waals surface area contributed by atoms with Crippen LogP contribution in [0.25, 0.3) is 6.08 Å². The molecule has 5 heteroatoms. The van der Waals surface area contributed by atoms with Crippen LogP contribution in [0.4, 0.5) is 0 Å². The second kappa shape index (κ2) is 7.39. The highest BCUT2D eigenvalue weighted by Crippen LogP contribution is 2.42. The fraction of sp³-hybridized carbons (Fsp3) is 0.125. The zero-order valence-corrected chi connectivity index (χ0v) is 16.4. The molecule has 2 aliphatic rings. The summed E-state index contributed by atoms with van der Waals surface area (Å²) < 4.78 is 12.0. The van der Waals surface area contributed by atoms with Crippen molar-refractivity contribution < 1.29 is 14.3 Å². The Morgan fingerprint density at radius 2 is 1.79 bits per heavy atom.